The van der Waals surface area contributed by atoms with Crippen LogP contribution in [0.2, 0.25) is 0 Å². The number of hydrogen-bond acceptors (Lipinski definition) is 0. The molecule has 0 aromatic rings. The highest BCUT2D eigenvalue weighted by atomic mass is 13.9. The van der Waals surface area contributed by atoms with Crippen LogP contribution >= 0.6 is 0 Å². The Morgan fingerprint density at radius 3 is 2.00 bits per heavy atom. The van der Waals surface area contributed by atoms with Crippen molar-refractivity contribution >= 4 is 0 Å². The first kappa shape index (κ1) is 15.2. The lowest BCUT2D eigenvalue weighted by Gasteiger charge is -1.97. The molecule has 0 nitrogen and oxygen atoms in total. The van der Waals surface area contributed by atoms with Crippen LogP contribution in [0.15, 0.2) is 60.3 Å². The highest BCUT2D eigenvalue weighted by molar-refractivity contribution is 5.40. The van der Waals surface area contributed by atoms with Crippen molar-refractivity contribution in [2.24, 2.45) is 0 Å². The Bertz CT molecular complexity index is 260. The van der Waals surface area contributed by atoms with Gasteiger partial charge in [0.15, 0.2) is 0 Å². The number of hydrogen-bond donors (Lipinski definition) is 0. The minimum atomic E-state index is 0. The predicted octanol–water partition coefficient (Wildman–Crippen LogP) is 4.83. The molecule has 0 aromatic carbocycles. The van der Waals surface area contributed by atoms with Crippen molar-refractivity contribution in [1.82, 2.24) is 0 Å². The van der Waals surface area contributed by atoms with E-state index < -0.39 is 0 Å². The first-order chi connectivity index (χ1) is 6.22. The highest BCUT2D eigenvalue weighted by Gasteiger charge is 1.88. The van der Waals surface area contributed by atoms with Gasteiger partial charge in [0.1, 0.15) is 0 Å². The van der Waals surface area contributed by atoms with Crippen LogP contribution in [0.4, 0.5) is 0 Å². The Kier molecular flexibility index (Phi) is 10.6. The molecule has 0 saturated carbocycles. The molecule has 0 aromatic heterocycles. The van der Waals surface area contributed by atoms with Gasteiger partial charge in [-0.05, 0) is 26.3 Å². The summed E-state index contributed by atoms with van der Waals surface area (Å²) in [5.74, 6) is 0. The molecule has 0 atom stereocenters. The van der Waals surface area contributed by atoms with Gasteiger partial charge in [0.2, 0.25) is 0 Å². The molecule has 0 aliphatic heterocycles. The van der Waals surface area contributed by atoms with Crippen molar-refractivity contribution in [2.75, 3.05) is 0 Å². The van der Waals surface area contributed by atoms with Gasteiger partial charge in [-0.15, -0.1) is 0 Å². The van der Waals surface area contributed by atoms with Gasteiger partial charge in [-0.3, -0.25) is 0 Å². The molecule has 0 unspecified atom stereocenters. The van der Waals surface area contributed by atoms with Gasteiger partial charge in [0.05, 0.1) is 0 Å². The summed E-state index contributed by atoms with van der Waals surface area (Å²) in [7, 11) is 0. The van der Waals surface area contributed by atoms with Crippen LogP contribution in [0.5, 0.6) is 0 Å². The molecule has 0 heterocycles. The largest absolute Gasteiger partial charge is 0.0955 e. The maximum absolute atomic E-state index is 3.91. The zero-order valence-corrected chi connectivity index (χ0v) is 8.75. The predicted molar refractivity (Wildman–Crippen MR) is 68.4 cm³/mol. The van der Waals surface area contributed by atoms with E-state index in [0.29, 0.717) is 0 Å². The van der Waals surface area contributed by atoms with Gasteiger partial charge in [-0.25, -0.2) is 0 Å². The van der Waals surface area contributed by atoms with Crippen molar-refractivity contribution in [3.8, 4) is 0 Å². The molecule has 0 heteroatoms. The lowest BCUT2D eigenvalue weighted by molar-refractivity contribution is 1.45. The van der Waals surface area contributed by atoms with Crippen LogP contribution in [0.25, 0.3) is 0 Å². The summed E-state index contributed by atoms with van der Waals surface area (Å²) >= 11 is 0. The molecular weight excluding hydrogens is 168 g/mol. The van der Waals surface area contributed by atoms with E-state index in [1.165, 1.54) is 0 Å². The lowest BCUT2D eigenvalue weighted by Crippen LogP contribution is -1.77. The average Bonchev–Trinajstić information content (AvgIpc) is 2.10. The summed E-state index contributed by atoms with van der Waals surface area (Å²) < 4.78 is 0. The van der Waals surface area contributed by atoms with E-state index in [9.17, 15) is 0 Å². The maximum atomic E-state index is 3.91. The summed E-state index contributed by atoms with van der Waals surface area (Å²) in [4.78, 5) is 0. The summed E-state index contributed by atoms with van der Waals surface area (Å²) in [5.41, 5.74) is 2.25. The fourth-order valence-electron chi connectivity index (χ4n) is 0.810. The first-order valence-electron chi connectivity index (χ1n) is 4.50. The van der Waals surface area contributed by atoms with Gasteiger partial charge >= 0.3 is 0 Å². The number of rotatable bonds is 4. The highest BCUT2D eigenvalue weighted by Crippen LogP contribution is 2.08. The van der Waals surface area contributed by atoms with E-state index in [1.54, 1.807) is 0 Å². The van der Waals surface area contributed by atoms with Crippen LogP contribution in [0.1, 0.15) is 28.2 Å². The molecule has 14 heavy (non-hydrogen) atoms. The van der Waals surface area contributed by atoms with Crippen LogP contribution in [0.3, 0.4) is 0 Å². The normalized spacial score (nSPS) is 12.6. The summed E-state index contributed by atoms with van der Waals surface area (Å²) in [5, 5.41) is 0. The second-order valence-corrected chi connectivity index (χ2v) is 2.81. The molecule has 0 aliphatic rings. The van der Waals surface area contributed by atoms with E-state index in [-0.39, 0.29) is 7.43 Å². The van der Waals surface area contributed by atoms with E-state index in [1.807, 2.05) is 51.2 Å². The molecule has 78 valence electrons. The van der Waals surface area contributed by atoms with Crippen molar-refractivity contribution in [1.29, 1.82) is 0 Å². The SMILES string of the molecule is C.C=C(C)C(/C=C/C=C/C)=C/C=C\C. The molecule has 0 saturated heterocycles. The molecule has 0 spiro atoms. The minimum absolute atomic E-state index is 0. The fraction of sp³-hybridized carbons (Fsp3) is 0.286. The molecule has 0 radical (unpaired) electrons. The minimum Gasteiger partial charge on any atom is -0.0955 e. The van der Waals surface area contributed by atoms with Gasteiger partial charge in [0.25, 0.3) is 0 Å². The van der Waals surface area contributed by atoms with Crippen molar-refractivity contribution < 1.29 is 0 Å². The van der Waals surface area contributed by atoms with Crippen molar-refractivity contribution in [3.05, 3.63) is 60.3 Å². The third-order valence-corrected chi connectivity index (χ3v) is 1.54. The monoisotopic (exact) mass is 190 g/mol. The van der Waals surface area contributed by atoms with Gasteiger partial charge in [0, 0.05) is 0 Å². The average molecular weight is 190 g/mol. The second kappa shape index (κ2) is 9.79. The molecule has 0 amide bonds. The van der Waals surface area contributed by atoms with E-state index in [4.69, 9.17) is 0 Å². The lowest BCUT2D eigenvalue weighted by atomic mass is 10.1. The summed E-state index contributed by atoms with van der Waals surface area (Å²) in [6.45, 7) is 9.92. The molecule has 0 N–H and O–H groups in total. The van der Waals surface area contributed by atoms with E-state index in [2.05, 4.69) is 18.7 Å². The zero-order chi connectivity index (χ0) is 10.1. The third-order valence-electron chi connectivity index (χ3n) is 1.54. The van der Waals surface area contributed by atoms with Gasteiger partial charge in [-0.2, -0.15) is 0 Å². The second-order valence-electron chi connectivity index (χ2n) is 2.81. The summed E-state index contributed by atoms with van der Waals surface area (Å²) in [6, 6.07) is 0. The summed E-state index contributed by atoms with van der Waals surface area (Å²) in [6.07, 6.45) is 14.2. The van der Waals surface area contributed by atoms with Crippen LogP contribution in [-0.2, 0) is 0 Å². The topological polar surface area (TPSA) is 0 Å². The smallest absolute Gasteiger partial charge is 0.0233 e. The van der Waals surface area contributed by atoms with Crippen LogP contribution in [-0.4, -0.2) is 0 Å². The molecule has 0 aliphatic carbocycles. The Morgan fingerprint density at radius 1 is 1.00 bits per heavy atom. The van der Waals surface area contributed by atoms with Crippen LogP contribution in [0, 0.1) is 0 Å². The quantitative estimate of drug-likeness (QED) is 0.557. The molecular formula is C14H22. The van der Waals surface area contributed by atoms with Crippen molar-refractivity contribution in [3.63, 3.8) is 0 Å². The van der Waals surface area contributed by atoms with Crippen molar-refractivity contribution in [2.45, 2.75) is 28.2 Å². The van der Waals surface area contributed by atoms with E-state index in [0.717, 1.165) is 11.1 Å². The Morgan fingerprint density at radius 2 is 1.57 bits per heavy atom. The fourth-order valence-corrected chi connectivity index (χ4v) is 0.810. The first-order valence-corrected chi connectivity index (χ1v) is 4.50. The van der Waals surface area contributed by atoms with E-state index >= 15 is 0 Å². The van der Waals surface area contributed by atoms with Crippen LogP contribution < -0.4 is 0 Å². The maximum Gasteiger partial charge on any atom is -0.0233 e. The molecule has 0 bridgehead atoms. The Balaban J connectivity index is 0. The standard InChI is InChI=1S/C13H18.CH4/c1-5-7-9-11-13(12(3)4)10-8-6-2;/h5-11H,3H2,1-2,4H3;1H4/b7-5+,8-6-,11-9+,13-10+;. The molecule has 0 fully saturated rings. The third kappa shape index (κ3) is 7.35. The Hall–Kier alpha value is -1.30. The van der Waals surface area contributed by atoms with Gasteiger partial charge in [-0.1, -0.05) is 62.1 Å². The molecule has 0 rings (SSSR count). The Labute approximate surface area is 89.0 Å². The number of allylic oxidation sites excluding steroid dienone is 9. The van der Waals surface area contributed by atoms with Gasteiger partial charge < -0.3 is 0 Å². The zero-order valence-electron chi connectivity index (χ0n) is 8.75.